The Kier molecular flexibility index (Phi) is 3.76. The van der Waals surface area contributed by atoms with E-state index in [0.29, 0.717) is 17.8 Å². The molecule has 0 atom stereocenters. The van der Waals surface area contributed by atoms with Crippen molar-refractivity contribution in [1.29, 1.82) is 0 Å². The Morgan fingerprint density at radius 3 is 2.95 bits per heavy atom. The van der Waals surface area contributed by atoms with Crippen molar-refractivity contribution in [2.24, 2.45) is 12.9 Å². The number of anilines is 1. The molecule has 0 saturated heterocycles. The first-order valence-corrected chi connectivity index (χ1v) is 5.79. The van der Waals surface area contributed by atoms with Gasteiger partial charge in [0.25, 0.3) is 5.91 Å². The summed E-state index contributed by atoms with van der Waals surface area (Å²) in [5.41, 5.74) is 5.29. The molecule has 0 bridgehead atoms. The molecule has 0 saturated carbocycles. The lowest BCUT2D eigenvalue weighted by molar-refractivity contribution is 0.0951. The molecule has 0 aliphatic carbocycles. The van der Waals surface area contributed by atoms with Crippen molar-refractivity contribution in [3.05, 3.63) is 41.5 Å². The zero-order valence-corrected chi connectivity index (χ0v) is 10.8. The molecule has 1 amide bonds. The van der Waals surface area contributed by atoms with Gasteiger partial charge in [-0.15, -0.1) is 0 Å². The number of amides is 1. The number of pyridine rings is 1. The first kappa shape index (κ1) is 13.0. The van der Waals surface area contributed by atoms with Crippen LogP contribution in [0.25, 0.3) is 0 Å². The highest BCUT2D eigenvalue weighted by Gasteiger charge is 2.11. The van der Waals surface area contributed by atoms with Gasteiger partial charge in [0.15, 0.2) is 0 Å². The van der Waals surface area contributed by atoms with Crippen molar-refractivity contribution >= 4 is 11.6 Å². The van der Waals surface area contributed by atoms with E-state index in [-0.39, 0.29) is 5.91 Å². The number of rotatable bonds is 4. The van der Waals surface area contributed by atoms with E-state index in [4.69, 9.17) is 5.84 Å². The molecule has 4 N–H and O–H groups in total. The molecule has 0 unspecified atom stereocenters. The molecule has 7 nitrogen and oxygen atoms in total. The van der Waals surface area contributed by atoms with Crippen molar-refractivity contribution in [3.8, 4) is 0 Å². The summed E-state index contributed by atoms with van der Waals surface area (Å²) >= 11 is 0. The predicted octanol–water partition coefficient (Wildman–Crippen LogP) is 0.339. The number of nitrogen functional groups attached to an aromatic ring is 1. The number of carbonyl (C=O) groups excluding carboxylic acids is 1. The fraction of sp³-hybridized carbons (Fsp3) is 0.250. The van der Waals surface area contributed by atoms with Crippen molar-refractivity contribution in [1.82, 2.24) is 20.1 Å². The van der Waals surface area contributed by atoms with E-state index >= 15 is 0 Å². The first-order chi connectivity index (χ1) is 9.11. The van der Waals surface area contributed by atoms with Crippen LogP contribution in [0.3, 0.4) is 0 Å². The second-order valence-electron chi connectivity index (χ2n) is 4.16. The maximum atomic E-state index is 12.0. The SMILES string of the molecule is Cc1nn(C)cc1CNC(=O)c1cnccc1NN. The van der Waals surface area contributed by atoms with Gasteiger partial charge >= 0.3 is 0 Å². The quantitative estimate of drug-likeness (QED) is 0.544. The average molecular weight is 260 g/mol. The van der Waals surface area contributed by atoms with Gasteiger partial charge in [-0.05, 0) is 13.0 Å². The standard InChI is InChI=1S/C12H16N6O/c1-8-9(7-18(2)17-8)5-15-12(19)10-6-14-4-3-11(10)16-13/h3-4,6-7H,5,13H2,1-2H3,(H,14,16)(H,15,19). The summed E-state index contributed by atoms with van der Waals surface area (Å²) in [5.74, 6) is 5.12. The highest BCUT2D eigenvalue weighted by Crippen LogP contribution is 2.12. The van der Waals surface area contributed by atoms with Crippen molar-refractivity contribution in [3.63, 3.8) is 0 Å². The van der Waals surface area contributed by atoms with Crippen LogP contribution < -0.4 is 16.6 Å². The number of carbonyl (C=O) groups is 1. The zero-order chi connectivity index (χ0) is 13.8. The third-order valence-electron chi connectivity index (χ3n) is 2.78. The maximum Gasteiger partial charge on any atom is 0.255 e. The maximum absolute atomic E-state index is 12.0. The Morgan fingerprint density at radius 1 is 1.53 bits per heavy atom. The van der Waals surface area contributed by atoms with Crippen LogP contribution in [0.5, 0.6) is 0 Å². The van der Waals surface area contributed by atoms with Gasteiger partial charge in [-0.2, -0.15) is 5.10 Å². The Balaban J connectivity index is 2.07. The molecule has 2 aromatic heterocycles. The van der Waals surface area contributed by atoms with E-state index < -0.39 is 0 Å². The highest BCUT2D eigenvalue weighted by molar-refractivity contribution is 5.99. The molecule has 0 spiro atoms. The van der Waals surface area contributed by atoms with E-state index in [1.54, 1.807) is 16.9 Å². The minimum absolute atomic E-state index is 0.232. The smallest absolute Gasteiger partial charge is 0.255 e. The van der Waals surface area contributed by atoms with Gasteiger partial charge in [-0.3, -0.25) is 20.3 Å². The summed E-state index contributed by atoms with van der Waals surface area (Å²) in [6.45, 7) is 2.32. The van der Waals surface area contributed by atoms with Crippen LogP contribution in [0, 0.1) is 6.92 Å². The number of nitrogens with zero attached hydrogens (tertiary/aromatic N) is 3. The number of aryl methyl sites for hydroxylation is 2. The Morgan fingerprint density at radius 2 is 2.32 bits per heavy atom. The second kappa shape index (κ2) is 5.49. The lowest BCUT2D eigenvalue weighted by Gasteiger charge is -2.08. The monoisotopic (exact) mass is 260 g/mol. The number of hydrogen-bond acceptors (Lipinski definition) is 5. The minimum atomic E-state index is -0.232. The summed E-state index contributed by atoms with van der Waals surface area (Å²) in [5, 5.41) is 7.03. The van der Waals surface area contributed by atoms with Gasteiger partial charge in [-0.25, -0.2) is 0 Å². The summed E-state index contributed by atoms with van der Waals surface area (Å²) in [6, 6.07) is 1.64. The van der Waals surface area contributed by atoms with E-state index in [1.807, 2.05) is 20.2 Å². The van der Waals surface area contributed by atoms with Crippen LogP contribution in [-0.4, -0.2) is 20.7 Å². The molecule has 7 heteroatoms. The molecule has 19 heavy (non-hydrogen) atoms. The molecule has 2 rings (SSSR count). The predicted molar refractivity (Wildman–Crippen MR) is 71.2 cm³/mol. The van der Waals surface area contributed by atoms with E-state index in [0.717, 1.165) is 11.3 Å². The third-order valence-corrected chi connectivity index (χ3v) is 2.78. The van der Waals surface area contributed by atoms with E-state index in [2.05, 4.69) is 20.8 Å². The number of nitrogens with one attached hydrogen (secondary N) is 2. The molecule has 2 heterocycles. The van der Waals surface area contributed by atoms with Gasteiger partial charge in [0.1, 0.15) is 0 Å². The molecule has 100 valence electrons. The number of hydrazine groups is 1. The van der Waals surface area contributed by atoms with Crippen LogP contribution in [0.1, 0.15) is 21.6 Å². The molecular weight excluding hydrogens is 244 g/mol. The molecule has 2 aromatic rings. The van der Waals surface area contributed by atoms with Gasteiger partial charge in [0.2, 0.25) is 0 Å². The lowest BCUT2D eigenvalue weighted by Crippen LogP contribution is -2.25. The van der Waals surface area contributed by atoms with Crippen LogP contribution in [0.4, 0.5) is 5.69 Å². The van der Waals surface area contributed by atoms with Crippen molar-refractivity contribution in [2.45, 2.75) is 13.5 Å². The topological polar surface area (TPSA) is 97.9 Å². The largest absolute Gasteiger partial charge is 0.348 e. The van der Waals surface area contributed by atoms with Crippen molar-refractivity contribution in [2.75, 3.05) is 5.43 Å². The molecular formula is C12H16N6O. The number of hydrogen-bond donors (Lipinski definition) is 3. The summed E-state index contributed by atoms with van der Waals surface area (Å²) in [4.78, 5) is 16.0. The van der Waals surface area contributed by atoms with Gasteiger partial charge in [-0.1, -0.05) is 0 Å². The average Bonchev–Trinajstić information content (AvgIpc) is 2.74. The lowest BCUT2D eigenvalue weighted by atomic mass is 10.2. The zero-order valence-electron chi connectivity index (χ0n) is 10.8. The molecule has 0 fully saturated rings. The summed E-state index contributed by atoms with van der Waals surface area (Å²) < 4.78 is 1.72. The number of aromatic nitrogens is 3. The van der Waals surface area contributed by atoms with Crippen LogP contribution >= 0.6 is 0 Å². The van der Waals surface area contributed by atoms with Gasteiger partial charge < -0.3 is 10.7 Å². The van der Waals surface area contributed by atoms with E-state index in [9.17, 15) is 4.79 Å². The van der Waals surface area contributed by atoms with Gasteiger partial charge in [0, 0.05) is 37.7 Å². The van der Waals surface area contributed by atoms with Crippen LogP contribution in [0.15, 0.2) is 24.7 Å². The minimum Gasteiger partial charge on any atom is -0.348 e. The van der Waals surface area contributed by atoms with Crippen LogP contribution in [0.2, 0.25) is 0 Å². The Bertz CT molecular complexity index is 592. The fourth-order valence-electron chi connectivity index (χ4n) is 1.79. The second-order valence-corrected chi connectivity index (χ2v) is 4.16. The highest BCUT2D eigenvalue weighted by atomic mass is 16.1. The molecule has 0 aliphatic heterocycles. The van der Waals surface area contributed by atoms with Gasteiger partial charge in [0.05, 0.1) is 16.9 Å². The van der Waals surface area contributed by atoms with E-state index in [1.165, 1.54) is 6.20 Å². The van der Waals surface area contributed by atoms with Crippen LogP contribution in [-0.2, 0) is 13.6 Å². The fourth-order valence-corrected chi connectivity index (χ4v) is 1.79. The number of nitrogens with two attached hydrogens (primary N) is 1. The molecule has 0 radical (unpaired) electrons. The Labute approximate surface area is 110 Å². The normalized spacial score (nSPS) is 10.3. The third kappa shape index (κ3) is 2.89. The summed E-state index contributed by atoms with van der Waals surface area (Å²) in [7, 11) is 1.84. The Hall–Kier alpha value is -2.41. The molecule has 0 aromatic carbocycles. The molecule has 0 aliphatic rings. The first-order valence-electron chi connectivity index (χ1n) is 5.79. The van der Waals surface area contributed by atoms with Crippen molar-refractivity contribution < 1.29 is 4.79 Å². The summed E-state index contributed by atoms with van der Waals surface area (Å²) in [6.07, 6.45) is 4.92.